The van der Waals surface area contributed by atoms with Crippen LogP contribution in [0.4, 0.5) is 4.79 Å². The summed E-state index contributed by atoms with van der Waals surface area (Å²) in [5.41, 5.74) is 5.21. The number of hydrogen-bond donors (Lipinski definition) is 2. The maximum absolute atomic E-state index is 10.2. The summed E-state index contributed by atoms with van der Waals surface area (Å²) in [5.74, 6) is 0. The van der Waals surface area contributed by atoms with Gasteiger partial charge in [0.1, 0.15) is 0 Å². The molecule has 0 aromatic rings. The molecule has 0 aliphatic carbocycles. The molecule has 0 saturated carbocycles. The van der Waals surface area contributed by atoms with Gasteiger partial charge in [-0.25, -0.2) is 0 Å². The number of thioether (sulfide) groups is 1. The molecule has 1 unspecified atom stereocenters. The van der Waals surface area contributed by atoms with Crippen molar-refractivity contribution in [1.82, 2.24) is 0 Å². The molecule has 0 saturated heterocycles. The summed E-state index contributed by atoms with van der Waals surface area (Å²) in [6.07, 6.45) is 0. The predicted octanol–water partition coefficient (Wildman–Crippen LogP) is 1.12. The smallest absolute Gasteiger partial charge is 0.243 e. The minimum atomic E-state index is -0.164. The van der Waals surface area contributed by atoms with Crippen molar-refractivity contribution in [3.63, 3.8) is 0 Å². The van der Waals surface area contributed by atoms with E-state index in [4.69, 9.17) is 5.73 Å². The molecule has 48 valence electrons. The van der Waals surface area contributed by atoms with E-state index < -0.39 is 0 Å². The van der Waals surface area contributed by atoms with Gasteiger partial charge >= 0.3 is 0 Å². The Balaban J connectivity index is 3.24. The maximum atomic E-state index is 10.2. The standard InChI is InChI=1S/C4H9NOS2/c1-3(2-5)8-4(6)7/h3H,2,5H2,1H3,(H,6,7). The highest BCUT2D eigenvalue weighted by atomic mass is 32.2. The molecule has 0 fully saturated rings. The van der Waals surface area contributed by atoms with E-state index in [1.165, 1.54) is 0 Å². The zero-order chi connectivity index (χ0) is 6.57. The highest BCUT2D eigenvalue weighted by Gasteiger charge is 2.01. The Bertz CT molecular complexity index is 86.1. The fraction of sp³-hybridized carbons (Fsp3) is 0.750. The molecule has 8 heavy (non-hydrogen) atoms. The molecule has 1 atom stereocenters. The Morgan fingerprint density at radius 1 is 2.00 bits per heavy atom. The van der Waals surface area contributed by atoms with Gasteiger partial charge in [0.05, 0.1) is 0 Å². The fourth-order valence-corrected chi connectivity index (χ4v) is 1.20. The van der Waals surface area contributed by atoms with Crippen molar-refractivity contribution in [1.29, 1.82) is 0 Å². The zero-order valence-corrected chi connectivity index (χ0v) is 6.34. The molecule has 2 nitrogen and oxygen atoms in total. The van der Waals surface area contributed by atoms with Crippen LogP contribution in [0.2, 0.25) is 0 Å². The van der Waals surface area contributed by atoms with Crippen LogP contribution in [0.25, 0.3) is 0 Å². The fourth-order valence-electron chi connectivity index (χ4n) is 0.220. The Kier molecular flexibility index (Phi) is 4.41. The van der Waals surface area contributed by atoms with Gasteiger partial charge in [-0.05, 0) is 0 Å². The minimum Gasteiger partial charge on any atom is -0.329 e. The first kappa shape index (κ1) is 8.33. The first-order valence-corrected chi connectivity index (χ1v) is 3.59. The van der Waals surface area contributed by atoms with E-state index in [1.807, 2.05) is 6.92 Å². The molecular weight excluding hydrogens is 142 g/mol. The molecule has 0 spiro atoms. The number of carbonyl (C=O) groups is 1. The van der Waals surface area contributed by atoms with E-state index in [-0.39, 0.29) is 9.70 Å². The van der Waals surface area contributed by atoms with Crippen LogP contribution >= 0.6 is 24.4 Å². The van der Waals surface area contributed by atoms with E-state index >= 15 is 0 Å². The summed E-state index contributed by atoms with van der Waals surface area (Å²) < 4.78 is -0.164. The molecule has 0 aromatic carbocycles. The summed E-state index contributed by atoms with van der Waals surface area (Å²) in [6, 6.07) is 0. The lowest BCUT2D eigenvalue weighted by Gasteiger charge is -2.00. The normalized spacial score (nSPS) is 13.4. The molecule has 2 N–H and O–H groups in total. The van der Waals surface area contributed by atoms with E-state index in [2.05, 4.69) is 12.6 Å². The van der Waals surface area contributed by atoms with Crippen LogP contribution in [0, 0.1) is 0 Å². The molecule has 0 amide bonds. The largest absolute Gasteiger partial charge is 0.329 e. The van der Waals surface area contributed by atoms with E-state index in [9.17, 15) is 4.79 Å². The average Bonchev–Trinajstić information content (AvgIpc) is 1.65. The Hall–Kier alpha value is 0.330. The van der Waals surface area contributed by atoms with Crippen LogP contribution in [0.15, 0.2) is 0 Å². The Labute approximate surface area is 58.6 Å². The quantitative estimate of drug-likeness (QED) is 0.581. The van der Waals surface area contributed by atoms with Crippen molar-refractivity contribution in [3.05, 3.63) is 0 Å². The van der Waals surface area contributed by atoms with Gasteiger partial charge in [-0.1, -0.05) is 31.3 Å². The van der Waals surface area contributed by atoms with Gasteiger partial charge in [0, 0.05) is 11.8 Å². The van der Waals surface area contributed by atoms with Crippen molar-refractivity contribution in [2.24, 2.45) is 5.73 Å². The number of nitrogens with two attached hydrogens (primary N) is 1. The van der Waals surface area contributed by atoms with E-state index in [0.29, 0.717) is 6.54 Å². The first-order chi connectivity index (χ1) is 3.66. The highest BCUT2D eigenvalue weighted by Crippen LogP contribution is 2.12. The topological polar surface area (TPSA) is 43.1 Å². The second kappa shape index (κ2) is 4.23. The molecule has 0 aliphatic rings. The summed E-state index contributed by atoms with van der Waals surface area (Å²) in [5, 5.41) is 0.194. The minimum absolute atomic E-state index is 0.164. The van der Waals surface area contributed by atoms with E-state index in [1.54, 1.807) is 0 Å². The van der Waals surface area contributed by atoms with Crippen LogP contribution in [0.3, 0.4) is 0 Å². The van der Waals surface area contributed by atoms with Crippen molar-refractivity contribution >= 4 is 28.8 Å². The third kappa shape index (κ3) is 4.49. The SMILES string of the molecule is CC(CN)SC(=O)S. The second-order valence-electron chi connectivity index (χ2n) is 1.43. The van der Waals surface area contributed by atoms with Crippen LogP contribution in [0.5, 0.6) is 0 Å². The summed E-state index contributed by atoms with van der Waals surface area (Å²) >= 11 is 4.71. The van der Waals surface area contributed by atoms with Gasteiger partial charge in [-0.3, -0.25) is 4.79 Å². The Morgan fingerprint density at radius 3 is 2.62 bits per heavy atom. The first-order valence-electron chi connectivity index (χ1n) is 2.26. The lowest BCUT2D eigenvalue weighted by Crippen LogP contribution is -2.13. The van der Waals surface area contributed by atoms with Crippen molar-refractivity contribution in [2.75, 3.05) is 6.54 Å². The molecular formula is C4H9NOS2. The van der Waals surface area contributed by atoms with Gasteiger partial charge in [-0.2, -0.15) is 0 Å². The molecule has 0 radical (unpaired) electrons. The lowest BCUT2D eigenvalue weighted by molar-refractivity contribution is 0.277. The third-order valence-electron chi connectivity index (χ3n) is 0.634. The average molecular weight is 151 g/mol. The van der Waals surface area contributed by atoms with Gasteiger partial charge in [-0.15, -0.1) is 0 Å². The number of hydrogen-bond acceptors (Lipinski definition) is 3. The van der Waals surface area contributed by atoms with Crippen LogP contribution in [-0.4, -0.2) is 16.2 Å². The highest BCUT2D eigenvalue weighted by molar-refractivity contribution is 8.32. The second-order valence-corrected chi connectivity index (χ2v) is 3.55. The van der Waals surface area contributed by atoms with Crippen LogP contribution in [0.1, 0.15) is 6.92 Å². The predicted molar refractivity (Wildman–Crippen MR) is 40.5 cm³/mol. The molecule has 4 heteroatoms. The van der Waals surface area contributed by atoms with Crippen molar-refractivity contribution < 1.29 is 4.79 Å². The monoisotopic (exact) mass is 151 g/mol. The molecule has 0 aliphatic heterocycles. The number of carbonyl (C=O) groups excluding carboxylic acids is 1. The lowest BCUT2D eigenvalue weighted by atomic mass is 10.5. The van der Waals surface area contributed by atoms with Crippen LogP contribution < -0.4 is 5.73 Å². The van der Waals surface area contributed by atoms with Crippen molar-refractivity contribution in [3.8, 4) is 0 Å². The van der Waals surface area contributed by atoms with Gasteiger partial charge < -0.3 is 5.73 Å². The summed E-state index contributed by atoms with van der Waals surface area (Å²) in [4.78, 5) is 10.2. The van der Waals surface area contributed by atoms with Gasteiger partial charge in [0.15, 0.2) is 0 Å². The van der Waals surface area contributed by atoms with Gasteiger partial charge in [0.2, 0.25) is 4.45 Å². The molecule has 0 heterocycles. The Morgan fingerprint density at radius 2 is 2.50 bits per heavy atom. The molecule has 0 aromatic heterocycles. The van der Waals surface area contributed by atoms with E-state index in [0.717, 1.165) is 11.8 Å². The molecule has 0 bridgehead atoms. The zero-order valence-electron chi connectivity index (χ0n) is 4.63. The number of rotatable bonds is 2. The van der Waals surface area contributed by atoms with Gasteiger partial charge in [0.25, 0.3) is 0 Å². The summed E-state index contributed by atoms with van der Waals surface area (Å²) in [6.45, 7) is 2.41. The van der Waals surface area contributed by atoms with Crippen molar-refractivity contribution in [2.45, 2.75) is 12.2 Å². The number of thiol groups is 1. The molecule has 0 rings (SSSR count). The maximum Gasteiger partial charge on any atom is 0.243 e. The third-order valence-corrected chi connectivity index (χ3v) is 1.75. The summed E-state index contributed by atoms with van der Waals surface area (Å²) in [7, 11) is 0. The van der Waals surface area contributed by atoms with Crippen LogP contribution in [-0.2, 0) is 0 Å².